The van der Waals surface area contributed by atoms with E-state index in [1.807, 2.05) is 6.07 Å². The Bertz CT molecular complexity index is 619. The lowest BCUT2D eigenvalue weighted by molar-refractivity contribution is 0.623. The standard InChI is InChI=1S/C15H17BrFN3S/c1-10-3-4-14(21-10)9-20-15(18-2)19-8-11-5-12(16)7-13(17)6-11/h3-7H,8-9H2,1-2H3,(H2,18,19,20). The summed E-state index contributed by atoms with van der Waals surface area (Å²) < 4.78 is 14.0. The minimum Gasteiger partial charge on any atom is -0.352 e. The minimum atomic E-state index is -0.252. The molecule has 0 radical (unpaired) electrons. The summed E-state index contributed by atoms with van der Waals surface area (Å²) >= 11 is 5.05. The molecule has 0 fully saturated rings. The smallest absolute Gasteiger partial charge is 0.191 e. The molecule has 0 amide bonds. The van der Waals surface area contributed by atoms with E-state index < -0.39 is 0 Å². The number of guanidine groups is 1. The van der Waals surface area contributed by atoms with Crippen molar-refractivity contribution in [1.82, 2.24) is 10.6 Å². The third kappa shape index (κ3) is 5.13. The highest BCUT2D eigenvalue weighted by molar-refractivity contribution is 9.10. The zero-order chi connectivity index (χ0) is 15.2. The number of nitrogens with zero attached hydrogens (tertiary/aromatic N) is 1. The van der Waals surface area contributed by atoms with Crippen LogP contribution in [0.15, 0.2) is 39.8 Å². The second-order valence-electron chi connectivity index (χ2n) is 4.57. The van der Waals surface area contributed by atoms with E-state index in [0.717, 1.165) is 16.6 Å². The third-order valence-corrected chi connectivity index (χ3v) is 4.29. The Morgan fingerprint density at radius 1 is 1.24 bits per heavy atom. The highest BCUT2D eigenvalue weighted by Gasteiger charge is 2.03. The predicted octanol–water partition coefficient (Wildman–Crippen LogP) is 3.82. The van der Waals surface area contributed by atoms with Gasteiger partial charge in [0.15, 0.2) is 5.96 Å². The molecule has 0 spiro atoms. The highest BCUT2D eigenvalue weighted by Crippen LogP contribution is 2.15. The van der Waals surface area contributed by atoms with Crippen LogP contribution in [-0.4, -0.2) is 13.0 Å². The van der Waals surface area contributed by atoms with Gasteiger partial charge in [0.05, 0.1) is 6.54 Å². The summed E-state index contributed by atoms with van der Waals surface area (Å²) in [5.41, 5.74) is 0.858. The molecular weight excluding hydrogens is 353 g/mol. The van der Waals surface area contributed by atoms with Gasteiger partial charge in [-0.3, -0.25) is 4.99 Å². The Kier molecular flexibility index (Phi) is 5.76. The van der Waals surface area contributed by atoms with Crippen LogP contribution >= 0.6 is 27.3 Å². The molecule has 1 aromatic carbocycles. The molecule has 6 heteroatoms. The van der Waals surface area contributed by atoms with Crippen molar-refractivity contribution in [2.45, 2.75) is 20.0 Å². The van der Waals surface area contributed by atoms with Crippen molar-refractivity contribution in [3.63, 3.8) is 0 Å². The highest BCUT2D eigenvalue weighted by atomic mass is 79.9. The number of nitrogens with one attached hydrogen (secondary N) is 2. The maximum absolute atomic E-state index is 13.3. The van der Waals surface area contributed by atoms with E-state index in [1.54, 1.807) is 18.4 Å². The Morgan fingerprint density at radius 2 is 2.00 bits per heavy atom. The summed E-state index contributed by atoms with van der Waals surface area (Å²) in [5, 5.41) is 6.42. The van der Waals surface area contributed by atoms with Crippen LogP contribution in [0.25, 0.3) is 0 Å². The van der Waals surface area contributed by atoms with E-state index in [1.165, 1.54) is 21.9 Å². The maximum atomic E-state index is 13.3. The Balaban J connectivity index is 1.87. The van der Waals surface area contributed by atoms with Gasteiger partial charge in [0, 0.05) is 27.8 Å². The van der Waals surface area contributed by atoms with E-state index in [2.05, 4.69) is 50.6 Å². The molecule has 2 rings (SSSR count). The van der Waals surface area contributed by atoms with Gasteiger partial charge in [-0.25, -0.2) is 4.39 Å². The molecule has 0 aliphatic carbocycles. The van der Waals surface area contributed by atoms with Crippen LogP contribution in [0, 0.1) is 12.7 Å². The first-order valence-corrected chi connectivity index (χ1v) is 8.12. The fourth-order valence-corrected chi connectivity index (χ4v) is 3.21. The molecule has 112 valence electrons. The van der Waals surface area contributed by atoms with Crippen LogP contribution < -0.4 is 10.6 Å². The minimum absolute atomic E-state index is 0.252. The van der Waals surface area contributed by atoms with Crippen molar-refractivity contribution in [2.24, 2.45) is 4.99 Å². The van der Waals surface area contributed by atoms with Gasteiger partial charge in [-0.15, -0.1) is 11.3 Å². The van der Waals surface area contributed by atoms with Crippen molar-refractivity contribution in [2.75, 3.05) is 7.05 Å². The van der Waals surface area contributed by atoms with Gasteiger partial charge in [-0.1, -0.05) is 15.9 Å². The molecule has 0 saturated carbocycles. The SMILES string of the molecule is CN=C(NCc1cc(F)cc(Br)c1)NCc1ccc(C)s1. The number of benzene rings is 1. The van der Waals surface area contributed by atoms with Crippen molar-refractivity contribution in [3.8, 4) is 0 Å². The number of hydrogen-bond acceptors (Lipinski definition) is 2. The van der Waals surface area contributed by atoms with Crippen LogP contribution in [0.1, 0.15) is 15.3 Å². The normalized spacial score (nSPS) is 11.5. The van der Waals surface area contributed by atoms with Crippen LogP contribution in [0.3, 0.4) is 0 Å². The van der Waals surface area contributed by atoms with E-state index in [-0.39, 0.29) is 5.82 Å². The predicted molar refractivity (Wildman–Crippen MR) is 90.2 cm³/mol. The van der Waals surface area contributed by atoms with Crippen molar-refractivity contribution < 1.29 is 4.39 Å². The van der Waals surface area contributed by atoms with E-state index in [4.69, 9.17) is 0 Å². The number of aliphatic imine (C=N–C) groups is 1. The fraction of sp³-hybridized carbons (Fsp3) is 0.267. The van der Waals surface area contributed by atoms with Gasteiger partial charge >= 0.3 is 0 Å². The lowest BCUT2D eigenvalue weighted by atomic mass is 10.2. The summed E-state index contributed by atoms with van der Waals surface area (Å²) in [4.78, 5) is 6.71. The number of aryl methyl sites for hydroxylation is 1. The molecule has 0 saturated heterocycles. The number of hydrogen-bond donors (Lipinski definition) is 2. The number of thiophene rings is 1. The maximum Gasteiger partial charge on any atom is 0.191 e. The molecule has 2 aromatic rings. The second kappa shape index (κ2) is 7.56. The average molecular weight is 370 g/mol. The molecule has 3 nitrogen and oxygen atoms in total. The second-order valence-corrected chi connectivity index (χ2v) is 6.86. The molecule has 1 aromatic heterocycles. The van der Waals surface area contributed by atoms with Crippen LogP contribution in [-0.2, 0) is 13.1 Å². The summed E-state index contributed by atoms with van der Waals surface area (Å²) in [5.74, 6) is 0.444. The van der Waals surface area contributed by atoms with Crippen LogP contribution in [0.5, 0.6) is 0 Å². The molecule has 2 N–H and O–H groups in total. The summed E-state index contributed by atoms with van der Waals surface area (Å²) in [7, 11) is 1.72. The monoisotopic (exact) mass is 369 g/mol. The molecule has 0 unspecified atom stereocenters. The Labute approximate surface area is 136 Å². The van der Waals surface area contributed by atoms with Crippen LogP contribution in [0.4, 0.5) is 4.39 Å². The van der Waals surface area contributed by atoms with Crippen molar-refractivity contribution in [1.29, 1.82) is 0 Å². The van der Waals surface area contributed by atoms with Crippen molar-refractivity contribution in [3.05, 3.63) is 55.9 Å². The first kappa shape index (κ1) is 16.0. The molecule has 0 bridgehead atoms. The van der Waals surface area contributed by atoms with Gasteiger partial charge in [-0.05, 0) is 42.8 Å². The molecule has 0 aliphatic heterocycles. The van der Waals surface area contributed by atoms with Gasteiger partial charge in [0.25, 0.3) is 0 Å². The lowest BCUT2D eigenvalue weighted by Gasteiger charge is -2.11. The first-order chi connectivity index (χ1) is 10.1. The Morgan fingerprint density at radius 3 is 2.62 bits per heavy atom. The van der Waals surface area contributed by atoms with E-state index in [0.29, 0.717) is 12.5 Å². The average Bonchev–Trinajstić information content (AvgIpc) is 2.83. The number of rotatable bonds is 4. The zero-order valence-corrected chi connectivity index (χ0v) is 14.3. The summed E-state index contributed by atoms with van der Waals surface area (Å²) in [6.45, 7) is 3.33. The largest absolute Gasteiger partial charge is 0.352 e. The topological polar surface area (TPSA) is 36.4 Å². The lowest BCUT2D eigenvalue weighted by Crippen LogP contribution is -2.36. The quantitative estimate of drug-likeness (QED) is 0.634. The molecule has 21 heavy (non-hydrogen) atoms. The third-order valence-electron chi connectivity index (χ3n) is 2.83. The van der Waals surface area contributed by atoms with Gasteiger partial charge in [0.2, 0.25) is 0 Å². The van der Waals surface area contributed by atoms with Gasteiger partial charge in [-0.2, -0.15) is 0 Å². The van der Waals surface area contributed by atoms with E-state index >= 15 is 0 Å². The Hall–Kier alpha value is -1.40. The molecule has 0 atom stereocenters. The summed E-state index contributed by atoms with van der Waals surface area (Å²) in [6, 6.07) is 9.03. The van der Waals surface area contributed by atoms with Crippen LogP contribution in [0.2, 0.25) is 0 Å². The van der Waals surface area contributed by atoms with Gasteiger partial charge in [0.1, 0.15) is 5.82 Å². The van der Waals surface area contributed by atoms with Gasteiger partial charge < -0.3 is 10.6 Å². The fourth-order valence-electron chi connectivity index (χ4n) is 1.87. The molecule has 0 aliphatic rings. The molecule has 1 heterocycles. The molecular formula is C15H17BrFN3S. The zero-order valence-electron chi connectivity index (χ0n) is 11.9. The van der Waals surface area contributed by atoms with Crippen molar-refractivity contribution >= 4 is 33.2 Å². The van der Waals surface area contributed by atoms with E-state index in [9.17, 15) is 4.39 Å². The number of halogens is 2. The first-order valence-electron chi connectivity index (χ1n) is 6.51. The summed E-state index contributed by atoms with van der Waals surface area (Å²) in [6.07, 6.45) is 0.